The molecule has 0 aliphatic carbocycles. The zero-order valence-electron chi connectivity index (χ0n) is 14.0. The molecule has 0 radical (unpaired) electrons. The van der Waals surface area contributed by atoms with Crippen LogP contribution in [0.5, 0.6) is 0 Å². The Morgan fingerprint density at radius 1 is 1.33 bits per heavy atom. The molecule has 0 aliphatic heterocycles. The highest BCUT2D eigenvalue weighted by Gasteiger charge is 2.23. The number of amides is 2. The van der Waals surface area contributed by atoms with Crippen molar-refractivity contribution in [3.05, 3.63) is 35.1 Å². The molecule has 0 saturated carbocycles. The molecule has 5 N–H and O–H groups in total. The number of benzene rings is 1. The lowest BCUT2D eigenvalue weighted by molar-refractivity contribution is -0.131. The van der Waals surface area contributed by atoms with Crippen LogP contribution in [-0.4, -0.2) is 40.1 Å². The van der Waals surface area contributed by atoms with Crippen LogP contribution in [0.25, 0.3) is 0 Å². The molecule has 0 aromatic heterocycles. The molecule has 0 spiro atoms. The van der Waals surface area contributed by atoms with Crippen molar-refractivity contribution in [3.63, 3.8) is 0 Å². The third kappa shape index (κ3) is 6.10. The predicted molar refractivity (Wildman–Crippen MR) is 92.9 cm³/mol. The Morgan fingerprint density at radius 3 is 2.62 bits per heavy atom. The van der Waals surface area contributed by atoms with Crippen LogP contribution in [0.4, 0.5) is 4.39 Å². The molecule has 0 saturated heterocycles. The third-order valence-electron chi connectivity index (χ3n) is 3.39. The fourth-order valence-electron chi connectivity index (χ4n) is 1.91. The van der Waals surface area contributed by atoms with Gasteiger partial charge < -0.3 is 10.8 Å². The summed E-state index contributed by atoms with van der Waals surface area (Å²) in [5, 5.41) is 10.3. The van der Waals surface area contributed by atoms with Crippen molar-refractivity contribution >= 4 is 23.6 Å². The van der Waals surface area contributed by atoms with Gasteiger partial charge in [-0.1, -0.05) is 19.9 Å². The molecule has 1 unspecified atom stereocenters. The number of rotatable bonds is 7. The lowest BCUT2D eigenvalue weighted by Gasteiger charge is -2.19. The minimum Gasteiger partial charge on any atom is -0.382 e. The van der Waals surface area contributed by atoms with E-state index in [-0.39, 0.29) is 11.1 Å². The smallest absolute Gasteiger partial charge is 0.270 e. The second-order valence-corrected chi connectivity index (χ2v) is 7.36. The lowest BCUT2D eigenvalue weighted by atomic mass is 10.1. The van der Waals surface area contributed by atoms with Crippen LogP contribution in [-0.2, 0) is 4.79 Å². The molecule has 24 heavy (non-hydrogen) atoms. The van der Waals surface area contributed by atoms with E-state index in [1.807, 2.05) is 13.8 Å². The topological polar surface area (TPSA) is 104 Å². The first-order chi connectivity index (χ1) is 11.2. The van der Waals surface area contributed by atoms with Gasteiger partial charge in [-0.05, 0) is 42.0 Å². The summed E-state index contributed by atoms with van der Waals surface area (Å²) in [4.78, 5) is 23.8. The number of nitrogens with two attached hydrogens (primary N) is 1. The highest BCUT2D eigenvalue weighted by atomic mass is 32.2. The van der Waals surface area contributed by atoms with Crippen molar-refractivity contribution in [2.75, 3.05) is 5.75 Å². The fourth-order valence-corrected chi connectivity index (χ4v) is 2.78. The molecule has 1 aromatic rings. The molecule has 0 heterocycles. The van der Waals surface area contributed by atoms with E-state index in [2.05, 4.69) is 10.9 Å². The van der Waals surface area contributed by atoms with Gasteiger partial charge in [0.2, 0.25) is 0 Å². The summed E-state index contributed by atoms with van der Waals surface area (Å²) in [5.74, 6) is -1.27. The van der Waals surface area contributed by atoms with E-state index < -0.39 is 29.8 Å². The summed E-state index contributed by atoms with van der Waals surface area (Å²) in [7, 11) is 0. The molecular formula is C16H24FN3O3S. The Kier molecular flexibility index (Phi) is 8.17. The van der Waals surface area contributed by atoms with Gasteiger partial charge in [0.05, 0.1) is 0 Å². The van der Waals surface area contributed by atoms with E-state index in [9.17, 15) is 19.1 Å². The number of halogens is 1. The molecule has 6 nitrogen and oxygen atoms in total. The van der Waals surface area contributed by atoms with E-state index in [4.69, 9.17) is 5.73 Å². The molecule has 0 bridgehead atoms. The fraction of sp³-hybridized carbons (Fsp3) is 0.500. The molecule has 2 atom stereocenters. The summed E-state index contributed by atoms with van der Waals surface area (Å²) in [5.41, 5.74) is 10.3. The van der Waals surface area contributed by atoms with Crippen molar-refractivity contribution in [1.29, 1.82) is 0 Å². The highest BCUT2D eigenvalue weighted by molar-refractivity contribution is 7.99. The van der Waals surface area contributed by atoms with E-state index in [1.54, 1.807) is 11.8 Å². The van der Waals surface area contributed by atoms with Gasteiger partial charge in [-0.25, -0.2) is 4.39 Å². The maximum absolute atomic E-state index is 13.4. The number of hydrogen-bond acceptors (Lipinski definition) is 5. The van der Waals surface area contributed by atoms with Crippen LogP contribution in [0.1, 0.15) is 36.2 Å². The molecule has 8 heteroatoms. The third-order valence-corrected chi connectivity index (χ3v) is 4.53. The quantitative estimate of drug-likeness (QED) is 0.547. The summed E-state index contributed by atoms with van der Waals surface area (Å²) in [6.45, 7) is 5.55. The van der Waals surface area contributed by atoms with Crippen LogP contribution < -0.4 is 16.6 Å². The Bertz CT molecular complexity index is 584. The van der Waals surface area contributed by atoms with Gasteiger partial charge in [0.15, 0.2) is 0 Å². The number of carbonyl (C=O) groups excluding carboxylic acids is 2. The van der Waals surface area contributed by atoms with Crippen LogP contribution in [0.3, 0.4) is 0 Å². The number of hydrogen-bond donors (Lipinski definition) is 4. The molecule has 1 rings (SSSR count). The Hall–Kier alpha value is -1.64. The van der Waals surface area contributed by atoms with Gasteiger partial charge in [-0.15, -0.1) is 0 Å². The molecular weight excluding hydrogens is 333 g/mol. The molecule has 2 amide bonds. The first-order valence-corrected chi connectivity index (χ1v) is 8.69. The number of aliphatic hydroxyl groups is 1. The van der Waals surface area contributed by atoms with E-state index in [1.165, 1.54) is 25.1 Å². The largest absolute Gasteiger partial charge is 0.382 e. The number of thioether (sulfide) groups is 1. The second kappa shape index (κ2) is 9.61. The van der Waals surface area contributed by atoms with Gasteiger partial charge in [-0.2, -0.15) is 11.8 Å². The zero-order chi connectivity index (χ0) is 18.3. The van der Waals surface area contributed by atoms with Crippen LogP contribution in [0, 0.1) is 12.7 Å². The minimum atomic E-state index is -1.44. The zero-order valence-corrected chi connectivity index (χ0v) is 14.8. The van der Waals surface area contributed by atoms with Gasteiger partial charge in [0, 0.05) is 11.6 Å². The predicted octanol–water partition coefficient (Wildman–Crippen LogP) is 1.12. The average molecular weight is 357 g/mol. The number of carbonyl (C=O) groups is 2. The summed E-state index contributed by atoms with van der Waals surface area (Å²) in [6, 6.07) is 3.34. The Morgan fingerprint density at radius 2 is 2.00 bits per heavy atom. The maximum Gasteiger partial charge on any atom is 0.270 e. The monoisotopic (exact) mass is 357 g/mol. The standard InChI is InChI=1S/C16H24FN3O3S/c1-9(2)24-8-7-13(18)14(21)16(23)20-19-15(22)11-5-4-6-12(17)10(11)3/h4-6,9,13-14,21H,7-8,18H2,1-3H3,(H,19,22)(H,20,23)/t13-,14?/m1/s1. The van der Waals surface area contributed by atoms with Crippen molar-refractivity contribution in [1.82, 2.24) is 10.9 Å². The molecule has 0 aliphatic rings. The van der Waals surface area contributed by atoms with Crippen molar-refractivity contribution in [3.8, 4) is 0 Å². The Balaban J connectivity index is 2.49. The molecule has 134 valence electrons. The number of hydrazine groups is 1. The highest BCUT2D eigenvalue weighted by Crippen LogP contribution is 2.13. The van der Waals surface area contributed by atoms with Crippen LogP contribution in [0.15, 0.2) is 18.2 Å². The van der Waals surface area contributed by atoms with Crippen LogP contribution >= 0.6 is 11.8 Å². The maximum atomic E-state index is 13.4. The summed E-state index contributed by atoms with van der Waals surface area (Å²) >= 11 is 1.68. The van der Waals surface area contributed by atoms with Crippen molar-refractivity contribution < 1.29 is 19.1 Å². The van der Waals surface area contributed by atoms with Gasteiger partial charge in [0.1, 0.15) is 11.9 Å². The number of aliphatic hydroxyl groups excluding tert-OH is 1. The second-order valence-electron chi connectivity index (χ2n) is 5.67. The molecule has 1 aromatic carbocycles. The average Bonchev–Trinajstić information content (AvgIpc) is 2.53. The number of nitrogens with one attached hydrogen (secondary N) is 2. The summed E-state index contributed by atoms with van der Waals surface area (Å²) < 4.78 is 13.4. The van der Waals surface area contributed by atoms with Crippen molar-refractivity contribution in [2.24, 2.45) is 5.73 Å². The SMILES string of the molecule is Cc1c(F)cccc1C(=O)NNC(=O)C(O)[C@H](N)CCSC(C)C. The van der Waals surface area contributed by atoms with Crippen LogP contribution in [0.2, 0.25) is 0 Å². The Labute approximate surface area is 145 Å². The first-order valence-electron chi connectivity index (χ1n) is 7.64. The first kappa shape index (κ1) is 20.4. The van der Waals surface area contributed by atoms with E-state index in [0.29, 0.717) is 11.7 Å². The minimum absolute atomic E-state index is 0.0995. The van der Waals surface area contributed by atoms with Gasteiger partial charge in [0.25, 0.3) is 11.8 Å². The normalized spacial score (nSPS) is 13.5. The lowest BCUT2D eigenvalue weighted by Crippen LogP contribution is -2.52. The summed E-state index contributed by atoms with van der Waals surface area (Å²) in [6.07, 6.45) is -0.972. The van der Waals surface area contributed by atoms with Crippen molar-refractivity contribution in [2.45, 2.75) is 44.6 Å². The van der Waals surface area contributed by atoms with E-state index >= 15 is 0 Å². The van der Waals surface area contributed by atoms with Gasteiger partial charge in [-0.3, -0.25) is 20.4 Å². The van der Waals surface area contributed by atoms with E-state index in [0.717, 1.165) is 5.75 Å². The van der Waals surface area contributed by atoms with Gasteiger partial charge >= 0.3 is 0 Å². The molecule has 0 fully saturated rings.